The Hall–Kier alpha value is -2.38. The SMILES string of the molecule is COC(=O)C1CCC(Cn2c(=O)c3c(ncn3C)n(C)c2=O)CC1. The van der Waals surface area contributed by atoms with Gasteiger partial charge in [-0.3, -0.25) is 18.7 Å². The second-order valence-corrected chi connectivity index (χ2v) is 6.53. The van der Waals surface area contributed by atoms with Crippen LogP contribution in [-0.4, -0.2) is 31.8 Å². The Morgan fingerprint density at radius 2 is 1.92 bits per heavy atom. The van der Waals surface area contributed by atoms with Crippen molar-refractivity contribution in [3.63, 3.8) is 0 Å². The predicted octanol–water partition coefficient (Wildman–Crippen LogP) is 0.413. The smallest absolute Gasteiger partial charge is 0.332 e. The van der Waals surface area contributed by atoms with Gasteiger partial charge in [-0.05, 0) is 31.6 Å². The van der Waals surface area contributed by atoms with Crippen LogP contribution in [0.2, 0.25) is 0 Å². The van der Waals surface area contributed by atoms with E-state index < -0.39 is 0 Å². The van der Waals surface area contributed by atoms with Gasteiger partial charge in [0.05, 0.1) is 19.4 Å². The minimum Gasteiger partial charge on any atom is -0.469 e. The molecule has 2 aromatic heterocycles. The van der Waals surface area contributed by atoms with E-state index >= 15 is 0 Å². The summed E-state index contributed by atoms with van der Waals surface area (Å²) < 4.78 is 9.15. The van der Waals surface area contributed by atoms with E-state index in [1.165, 1.54) is 22.6 Å². The maximum Gasteiger partial charge on any atom is 0.332 e. The molecule has 1 fully saturated rings. The highest BCUT2D eigenvalue weighted by molar-refractivity contribution is 5.72. The monoisotopic (exact) mass is 334 g/mol. The minimum absolute atomic E-state index is 0.0645. The van der Waals surface area contributed by atoms with E-state index in [0.29, 0.717) is 17.7 Å². The van der Waals surface area contributed by atoms with Crippen molar-refractivity contribution in [2.24, 2.45) is 25.9 Å². The molecule has 0 aliphatic heterocycles. The lowest BCUT2D eigenvalue weighted by Gasteiger charge is -2.27. The molecule has 1 saturated carbocycles. The summed E-state index contributed by atoms with van der Waals surface area (Å²) in [6, 6.07) is 0. The number of esters is 1. The number of methoxy groups -OCH3 is 1. The van der Waals surface area contributed by atoms with Gasteiger partial charge >= 0.3 is 11.7 Å². The Morgan fingerprint density at radius 3 is 2.54 bits per heavy atom. The first-order valence-corrected chi connectivity index (χ1v) is 8.12. The van der Waals surface area contributed by atoms with Crippen molar-refractivity contribution >= 4 is 17.1 Å². The summed E-state index contributed by atoms with van der Waals surface area (Å²) in [5.41, 5.74) is 0.183. The van der Waals surface area contributed by atoms with E-state index in [1.807, 2.05) is 0 Å². The van der Waals surface area contributed by atoms with Gasteiger partial charge in [-0.1, -0.05) is 0 Å². The van der Waals surface area contributed by atoms with Crippen LogP contribution in [0.3, 0.4) is 0 Å². The summed E-state index contributed by atoms with van der Waals surface area (Å²) in [5.74, 6) is -0.0230. The Balaban J connectivity index is 1.87. The summed E-state index contributed by atoms with van der Waals surface area (Å²) in [4.78, 5) is 40.9. The number of rotatable bonds is 3. The van der Waals surface area contributed by atoms with Crippen molar-refractivity contribution in [3.8, 4) is 0 Å². The maximum atomic E-state index is 12.7. The molecule has 0 bridgehead atoms. The van der Waals surface area contributed by atoms with Crippen LogP contribution in [0.15, 0.2) is 15.9 Å². The quantitative estimate of drug-likeness (QED) is 0.759. The lowest BCUT2D eigenvalue weighted by Crippen LogP contribution is -2.41. The van der Waals surface area contributed by atoms with E-state index in [1.54, 1.807) is 18.7 Å². The molecule has 0 atom stereocenters. The molecule has 3 rings (SSSR count). The highest BCUT2D eigenvalue weighted by Gasteiger charge is 2.28. The number of fused-ring (bicyclic) bond motifs is 1. The standard InChI is InChI=1S/C16H22N4O4/c1-18-9-17-13-12(18)14(21)20(16(23)19(13)2)8-10-4-6-11(7-5-10)15(22)24-3/h9-11H,4-8H2,1-3H3. The molecule has 1 aliphatic rings. The topological polar surface area (TPSA) is 88.1 Å². The fourth-order valence-electron chi connectivity index (χ4n) is 3.56. The number of hydrogen-bond donors (Lipinski definition) is 0. The van der Waals surface area contributed by atoms with Crippen LogP contribution in [0.4, 0.5) is 0 Å². The van der Waals surface area contributed by atoms with Crippen LogP contribution >= 0.6 is 0 Å². The lowest BCUT2D eigenvalue weighted by molar-refractivity contribution is -0.146. The Kier molecular flexibility index (Phi) is 4.29. The van der Waals surface area contributed by atoms with Gasteiger partial charge in [0.2, 0.25) is 0 Å². The van der Waals surface area contributed by atoms with Gasteiger partial charge in [-0.25, -0.2) is 9.78 Å². The fourth-order valence-corrected chi connectivity index (χ4v) is 3.56. The van der Waals surface area contributed by atoms with Gasteiger partial charge in [0.15, 0.2) is 11.2 Å². The number of imidazole rings is 1. The van der Waals surface area contributed by atoms with Gasteiger partial charge in [-0.2, -0.15) is 0 Å². The molecule has 0 saturated heterocycles. The van der Waals surface area contributed by atoms with Crippen LogP contribution < -0.4 is 11.2 Å². The zero-order chi connectivity index (χ0) is 17.4. The van der Waals surface area contributed by atoms with Crippen LogP contribution in [0.1, 0.15) is 25.7 Å². The summed E-state index contributed by atoms with van der Waals surface area (Å²) in [5, 5.41) is 0. The van der Waals surface area contributed by atoms with E-state index in [9.17, 15) is 14.4 Å². The third-order valence-corrected chi connectivity index (χ3v) is 5.02. The van der Waals surface area contributed by atoms with Gasteiger partial charge in [0.1, 0.15) is 0 Å². The van der Waals surface area contributed by atoms with E-state index in [4.69, 9.17) is 4.74 Å². The highest BCUT2D eigenvalue weighted by Crippen LogP contribution is 2.30. The van der Waals surface area contributed by atoms with Crippen molar-refractivity contribution < 1.29 is 9.53 Å². The molecule has 2 aromatic rings. The molecule has 8 nitrogen and oxygen atoms in total. The van der Waals surface area contributed by atoms with Crippen molar-refractivity contribution in [2.75, 3.05) is 7.11 Å². The normalized spacial score (nSPS) is 21.1. The first-order valence-electron chi connectivity index (χ1n) is 8.12. The minimum atomic E-state index is -0.346. The maximum absolute atomic E-state index is 12.7. The number of carbonyl (C=O) groups excluding carboxylic acids is 1. The lowest BCUT2D eigenvalue weighted by atomic mass is 9.82. The Morgan fingerprint density at radius 1 is 1.25 bits per heavy atom. The molecule has 130 valence electrons. The molecule has 0 amide bonds. The van der Waals surface area contributed by atoms with Crippen LogP contribution in [0.25, 0.3) is 11.2 Å². The second-order valence-electron chi connectivity index (χ2n) is 6.53. The number of carbonyl (C=O) groups is 1. The van der Waals surface area contributed by atoms with Crippen molar-refractivity contribution in [1.82, 2.24) is 18.7 Å². The number of ether oxygens (including phenoxy) is 1. The Labute approximate surface area is 138 Å². The average Bonchev–Trinajstić information content (AvgIpc) is 2.98. The first-order chi connectivity index (χ1) is 11.4. The van der Waals surface area contributed by atoms with E-state index in [-0.39, 0.29) is 29.1 Å². The number of aryl methyl sites for hydroxylation is 2. The molecule has 1 aliphatic carbocycles. The van der Waals surface area contributed by atoms with Crippen LogP contribution in [-0.2, 0) is 30.2 Å². The van der Waals surface area contributed by atoms with E-state index in [2.05, 4.69) is 4.98 Å². The van der Waals surface area contributed by atoms with Crippen molar-refractivity contribution in [2.45, 2.75) is 32.2 Å². The van der Waals surface area contributed by atoms with Gasteiger partial charge in [0, 0.05) is 20.6 Å². The molecule has 0 unspecified atom stereocenters. The molecule has 0 N–H and O–H groups in total. The average molecular weight is 334 g/mol. The van der Waals surface area contributed by atoms with Gasteiger partial charge < -0.3 is 9.30 Å². The molecular weight excluding hydrogens is 312 g/mol. The van der Waals surface area contributed by atoms with Crippen molar-refractivity contribution in [1.29, 1.82) is 0 Å². The zero-order valence-electron chi connectivity index (χ0n) is 14.2. The Bertz CT molecular complexity index is 884. The molecule has 0 radical (unpaired) electrons. The molecule has 24 heavy (non-hydrogen) atoms. The van der Waals surface area contributed by atoms with Gasteiger partial charge in [-0.15, -0.1) is 0 Å². The zero-order valence-corrected chi connectivity index (χ0v) is 14.2. The van der Waals surface area contributed by atoms with Crippen LogP contribution in [0.5, 0.6) is 0 Å². The van der Waals surface area contributed by atoms with E-state index in [0.717, 1.165) is 25.7 Å². The third kappa shape index (κ3) is 2.65. The number of hydrogen-bond acceptors (Lipinski definition) is 5. The summed E-state index contributed by atoms with van der Waals surface area (Å²) in [6.45, 7) is 0.376. The first kappa shape index (κ1) is 16.5. The molecule has 2 heterocycles. The summed E-state index contributed by atoms with van der Waals surface area (Å²) in [7, 11) is 4.77. The van der Waals surface area contributed by atoms with Crippen molar-refractivity contribution in [3.05, 3.63) is 27.2 Å². The second kappa shape index (κ2) is 6.26. The predicted molar refractivity (Wildman–Crippen MR) is 87.7 cm³/mol. The summed E-state index contributed by atoms with van der Waals surface area (Å²) >= 11 is 0. The number of aromatic nitrogens is 4. The van der Waals surface area contributed by atoms with Crippen LogP contribution in [0, 0.1) is 11.8 Å². The molecule has 0 spiro atoms. The largest absolute Gasteiger partial charge is 0.469 e. The molecule has 8 heteroatoms. The number of nitrogens with zero attached hydrogens (tertiary/aromatic N) is 4. The molecular formula is C16H22N4O4. The summed E-state index contributed by atoms with van der Waals surface area (Å²) in [6.07, 6.45) is 4.62. The van der Waals surface area contributed by atoms with Gasteiger partial charge in [0.25, 0.3) is 5.56 Å². The molecule has 0 aromatic carbocycles. The third-order valence-electron chi connectivity index (χ3n) is 5.02. The fraction of sp³-hybridized carbons (Fsp3) is 0.625. The highest BCUT2D eigenvalue weighted by atomic mass is 16.5.